The van der Waals surface area contributed by atoms with E-state index in [9.17, 15) is 9.90 Å². The van der Waals surface area contributed by atoms with Gasteiger partial charge in [-0.2, -0.15) is 11.3 Å². The van der Waals surface area contributed by atoms with Gasteiger partial charge in [-0.1, -0.05) is 6.92 Å². The number of aliphatic hydroxyl groups is 1. The van der Waals surface area contributed by atoms with Crippen LogP contribution in [0.15, 0.2) is 23.0 Å². The molecule has 1 atom stereocenters. The molecule has 102 valence electrons. The van der Waals surface area contributed by atoms with Crippen molar-refractivity contribution < 1.29 is 9.90 Å². The van der Waals surface area contributed by atoms with Crippen LogP contribution in [0.1, 0.15) is 39.7 Å². The van der Waals surface area contributed by atoms with Crippen molar-refractivity contribution in [3.05, 3.63) is 38.5 Å². The lowest BCUT2D eigenvalue weighted by Crippen LogP contribution is -2.27. The van der Waals surface area contributed by atoms with Gasteiger partial charge in [0.1, 0.15) is 4.88 Å². The minimum Gasteiger partial charge on any atom is -0.387 e. The van der Waals surface area contributed by atoms with Gasteiger partial charge in [-0.15, -0.1) is 11.3 Å². The van der Waals surface area contributed by atoms with Gasteiger partial charge in [-0.3, -0.25) is 4.79 Å². The van der Waals surface area contributed by atoms with Gasteiger partial charge in [-0.05, 0) is 35.2 Å². The van der Waals surface area contributed by atoms with Crippen molar-refractivity contribution in [1.29, 1.82) is 0 Å². The lowest BCUT2D eigenvalue weighted by atomic mass is 10.2. The number of carbonyl (C=O) groups excluding carboxylic acids is 1. The highest BCUT2D eigenvalue weighted by atomic mass is 32.1. The molecule has 0 aliphatic heterocycles. The van der Waals surface area contributed by atoms with Gasteiger partial charge in [0.2, 0.25) is 0 Å². The van der Waals surface area contributed by atoms with E-state index in [0.717, 1.165) is 23.4 Å². The van der Waals surface area contributed by atoms with E-state index in [1.165, 1.54) is 22.7 Å². The van der Waals surface area contributed by atoms with Gasteiger partial charge in [0.25, 0.3) is 5.91 Å². The highest BCUT2D eigenvalue weighted by Gasteiger charge is 2.13. The van der Waals surface area contributed by atoms with E-state index in [0.29, 0.717) is 4.88 Å². The molecule has 0 spiro atoms. The number of aromatic nitrogens is 1. The number of aliphatic hydroxyl groups excluding tert-OH is 1. The number of hydrogen-bond donors (Lipinski definition) is 2. The van der Waals surface area contributed by atoms with Crippen LogP contribution < -0.4 is 5.32 Å². The molecule has 0 saturated carbocycles. The Bertz CT molecular complexity index is 522. The summed E-state index contributed by atoms with van der Waals surface area (Å²) in [6, 6.07) is 1.85. The van der Waals surface area contributed by atoms with Crippen LogP contribution >= 0.6 is 22.7 Å². The van der Waals surface area contributed by atoms with Gasteiger partial charge < -0.3 is 10.4 Å². The number of amides is 1. The van der Waals surface area contributed by atoms with E-state index in [4.69, 9.17) is 0 Å². The van der Waals surface area contributed by atoms with Crippen LogP contribution in [0, 0.1) is 0 Å². The SMILES string of the molecule is CCCc1ncc(C(=O)NCC(O)c2ccsc2)s1. The molecule has 2 N–H and O–H groups in total. The summed E-state index contributed by atoms with van der Waals surface area (Å²) in [6.45, 7) is 2.30. The molecule has 1 unspecified atom stereocenters. The number of nitrogens with zero attached hydrogens (tertiary/aromatic N) is 1. The van der Waals surface area contributed by atoms with Crippen molar-refractivity contribution in [3.8, 4) is 0 Å². The molecule has 0 aliphatic carbocycles. The van der Waals surface area contributed by atoms with Crippen molar-refractivity contribution in [3.63, 3.8) is 0 Å². The van der Waals surface area contributed by atoms with E-state index < -0.39 is 6.10 Å². The summed E-state index contributed by atoms with van der Waals surface area (Å²) in [4.78, 5) is 16.7. The monoisotopic (exact) mass is 296 g/mol. The number of aryl methyl sites for hydroxylation is 1. The Hall–Kier alpha value is -1.24. The van der Waals surface area contributed by atoms with Crippen LogP contribution in [-0.2, 0) is 6.42 Å². The Morgan fingerprint density at radius 1 is 1.58 bits per heavy atom. The van der Waals surface area contributed by atoms with Crippen LogP contribution in [0.5, 0.6) is 0 Å². The number of thiophene rings is 1. The minimum atomic E-state index is -0.654. The lowest BCUT2D eigenvalue weighted by molar-refractivity contribution is 0.0920. The van der Waals surface area contributed by atoms with Gasteiger partial charge in [0.15, 0.2) is 0 Å². The molecule has 2 heterocycles. The van der Waals surface area contributed by atoms with E-state index in [2.05, 4.69) is 17.2 Å². The first-order valence-corrected chi connectivity index (χ1v) is 7.89. The van der Waals surface area contributed by atoms with Gasteiger partial charge in [-0.25, -0.2) is 4.98 Å². The maximum atomic E-state index is 11.9. The predicted molar refractivity (Wildman–Crippen MR) is 77.7 cm³/mol. The molecule has 0 fully saturated rings. The molecule has 0 radical (unpaired) electrons. The van der Waals surface area contributed by atoms with Crippen molar-refractivity contribution in [1.82, 2.24) is 10.3 Å². The van der Waals surface area contributed by atoms with E-state index in [1.807, 2.05) is 16.8 Å². The number of carbonyl (C=O) groups is 1. The van der Waals surface area contributed by atoms with Gasteiger partial charge in [0, 0.05) is 6.54 Å². The number of rotatable bonds is 6. The zero-order valence-electron chi connectivity index (χ0n) is 10.6. The average molecular weight is 296 g/mol. The maximum Gasteiger partial charge on any atom is 0.263 e. The zero-order valence-corrected chi connectivity index (χ0v) is 12.3. The van der Waals surface area contributed by atoms with Gasteiger partial charge in [0.05, 0.1) is 17.3 Å². The molecular weight excluding hydrogens is 280 g/mol. The van der Waals surface area contributed by atoms with Crippen molar-refractivity contribution in [2.45, 2.75) is 25.9 Å². The van der Waals surface area contributed by atoms with Crippen molar-refractivity contribution >= 4 is 28.6 Å². The molecule has 2 aromatic heterocycles. The summed E-state index contributed by atoms with van der Waals surface area (Å²) in [5, 5.41) is 17.4. The fourth-order valence-electron chi connectivity index (χ4n) is 1.60. The molecular formula is C13H16N2O2S2. The number of thiazole rings is 1. The molecule has 0 aliphatic rings. The first-order valence-electron chi connectivity index (χ1n) is 6.13. The third-order valence-electron chi connectivity index (χ3n) is 2.63. The summed E-state index contributed by atoms with van der Waals surface area (Å²) in [6.07, 6.45) is 2.86. The van der Waals surface area contributed by atoms with Crippen LogP contribution in [-0.4, -0.2) is 22.5 Å². The molecule has 19 heavy (non-hydrogen) atoms. The topological polar surface area (TPSA) is 62.2 Å². The smallest absolute Gasteiger partial charge is 0.263 e. The Balaban J connectivity index is 1.86. The average Bonchev–Trinajstić information content (AvgIpc) is 3.06. The second kappa shape index (κ2) is 6.79. The first kappa shape index (κ1) is 14.2. The normalized spacial score (nSPS) is 12.3. The minimum absolute atomic E-state index is 0.172. The zero-order chi connectivity index (χ0) is 13.7. The fourth-order valence-corrected chi connectivity index (χ4v) is 3.25. The predicted octanol–water partition coefficient (Wildman–Crippen LogP) is 2.62. The molecule has 2 rings (SSSR count). The lowest BCUT2D eigenvalue weighted by Gasteiger charge is -2.09. The summed E-state index contributed by atoms with van der Waals surface area (Å²) in [7, 11) is 0. The molecule has 0 saturated heterocycles. The Kier molecular flexibility index (Phi) is 5.07. The third-order valence-corrected chi connectivity index (χ3v) is 4.38. The quantitative estimate of drug-likeness (QED) is 0.861. The Morgan fingerprint density at radius 3 is 3.11 bits per heavy atom. The number of nitrogens with one attached hydrogen (secondary N) is 1. The summed E-state index contributed by atoms with van der Waals surface area (Å²) < 4.78 is 0. The summed E-state index contributed by atoms with van der Waals surface area (Å²) in [5.74, 6) is -0.172. The standard InChI is InChI=1S/C13H16N2O2S2/c1-2-3-12-14-7-11(19-12)13(17)15-6-10(16)9-4-5-18-8-9/h4-5,7-8,10,16H,2-3,6H2,1H3,(H,15,17). The van der Waals surface area contributed by atoms with E-state index in [-0.39, 0.29) is 12.5 Å². The van der Waals surface area contributed by atoms with Crippen LogP contribution in [0.3, 0.4) is 0 Å². The van der Waals surface area contributed by atoms with Gasteiger partial charge >= 0.3 is 0 Å². The van der Waals surface area contributed by atoms with Crippen LogP contribution in [0.2, 0.25) is 0 Å². The summed E-state index contributed by atoms with van der Waals surface area (Å²) >= 11 is 2.94. The second-order valence-corrected chi connectivity index (χ2v) is 6.05. The molecule has 0 aromatic carbocycles. The first-order chi connectivity index (χ1) is 9.20. The highest BCUT2D eigenvalue weighted by Crippen LogP contribution is 2.17. The second-order valence-electron chi connectivity index (χ2n) is 4.15. The Labute approximate surface area is 120 Å². The third kappa shape index (κ3) is 3.86. The molecule has 4 nitrogen and oxygen atoms in total. The molecule has 1 amide bonds. The number of hydrogen-bond acceptors (Lipinski definition) is 5. The maximum absolute atomic E-state index is 11.9. The van der Waals surface area contributed by atoms with Crippen molar-refractivity contribution in [2.24, 2.45) is 0 Å². The summed E-state index contributed by atoms with van der Waals surface area (Å²) in [5.41, 5.74) is 0.835. The molecule has 6 heteroatoms. The molecule has 2 aromatic rings. The van der Waals surface area contributed by atoms with E-state index >= 15 is 0 Å². The largest absolute Gasteiger partial charge is 0.387 e. The molecule has 0 bridgehead atoms. The highest BCUT2D eigenvalue weighted by molar-refractivity contribution is 7.13. The Morgan fingerprint density at radius 2 is 2.42 bits per heavy atom. The van der Waals surface area contributed by atoms with Crippen molar-refractivity contribution in [2.75, 3.05) is 6.54 Å². The van der Waals surface area contributed by atoms with E-state index in [1.54, 1.807) is 6.20 Å². The van der Waals surface area contributed by atoms with Crippen LogP contribution in [0.25, 0.3) is 0 Å². The fraction of sp³-hybridized carbons (Fsp3) is 0.385. The van der Waals surface area contributed by atoms with Crippen LogP contribution in [0.4, 0.5) is 0 Å².